The Balaban J connectivity index is 0.000000437. The SMILES string of the molecule is CC(C)(C)OC(=O)n1cccn1.O=S(=O)(O)O. The van der Waals surface area contributed by atoms with E-state index >= 15 is 0 Å². The zero-order chi connectivity index (χ0) is 13.7. The minimum atomic E-state index is -4.67. The normalized spacial score (nSPS) is 11.4. The number of hydrogen-bond acceptors (Lipinski definition) is 5. The summed E-state index contributed by atoms with van der Waals surface area (Å²) in [5.41, 5.74) is -0.469. The van der Waals surface area contributed by atoms with Gasteiger partial charge in [0.2, 0.25) is 0 Å². The fourth-order valence-corrected chi connectivity index (χ4v) is 0.686. The highest BCUT2D eigenvalue weighted by molar-refractivity contribution is 7.79. The van der Waals surface area contributed by atoms with Crippen molar-refractivity contribution in [2.24, 2.45) is 0 Å². The molecule has 0 aromatic carbocycles. The van der Waals surface area contributed by atoms with Crippen molar-refractivity contribution < 1.29 is 27.1 Å². The van der Waals surface area contributed by atoms with Crippen molar-refractivity contribution in [2.45, 2.75) is 26.4 Å². The van der Waals surface area contributed by atoms with Gasteiger partial charge in [0, 0.05) is 12.4 Å². The molecule has 0 fully saturated rings. The molecule has 0 unspecified atom stereocenters. The number of rotatable bonds is 0. The monoisotopic (exact) mass is 266 g/mol. The third kappa shape index (κ3) is 10.8. The van der Waals surface area contributed by atoms with Crippen LogP contribution in [0.25, 0.3) is 0 Å². The molecule has 1 rings (SSSR count). The van der Waals surface area contributed by atoms with E-state index in [1.807, 2.05) is 20.8 Å². The van der Waals surface area contributed by atoms with Gasteiger partial charge in [-0.2, -0.15) is 18.2 Å². The van der Waals surface area contributed by atoms with Crippen molar-refractivity contribution in [1.82, 2.24) is 9.78 Å². The zero-order valence-electron chi connectivity index (χ0n) is 9.56. The summed E-state index contributed by atoms with van der Waals surface area (Å²) in [7, 11) is -4.67. The van der Waals surface area contributed by atoms with Gasteiger partial charge < -0.3 is 4.74 Å². The molecular weight excluding hydrogens is 252 g/mol. The molecule has 9 heteroatoms. The van der Waals surface area contributed by atoms with Crippen LogP contribution in [0.4, 0.5) is 4.79 Å². The molecule has 0 aliphatic heterocycles. The molecule has 1 heterocycles. The Bertz CT molecular complexity index is 437. The van der Waals surface area contributed by atoms with Crippen molar-refractivity contribution in [3.05, 3.63) is 18.5 Å². The summed E-state index contributed by atoms with van der Waals surface area (Å²) >= 11 is 0. The van der Waals surface area contributed by atoms with Crippen molar-refractivity contribution in [1.29, 1.82) is 0 Å². The van der Waals surface area contributed by atoms with Crippen LogP contribution in [0.1, 0.15) is 20.8 Å². The third-order valence-electron chi connectivity index (χ3n) is 1.08. The number of carbonyl (C=O) groups is 1. The molecule has 98 valence electrons. The van der Waals surface area contributed by atoms with Gasteiger partial charge in [-0.25, -0.2) is 4.79 Å². The van der Waals surface area contributed by atoms with Gasteiger partial charge in [-0.1, -0.05) is 0 Å². The van der Waals surface area contributed by atoms with Crippen LogP contribution in [-0.4, -0.2) is 39.0 Å². The Morgan fingerprint density at radius 1 is 1.35 bits per heavy atom. The molecule has 0 atom stereocenters. The fourth-order valence-electron chi connectivity index (χ4n) is 0.686. The second-order valence-electron chi connectivity index (χ2n) is 3.88. The second-order valence-corrected chi connectivity index (χ2v) is 4.77. The molecule has 8 nitrogen and oxygen atoms in total. The Morgan fingerprint density at radius 3 is 2.12 bits per heavy atom. The first-order valence-corrected chi connectivity index (χ1v) is 5.81. The predicted molar refractivity (Wildman–Crippen MR) is 58.0 cm³/mol. The summed E-state index contributed by atoms with van der Waals surface area (Å²) in [4.78, 5) is 11.2. The van der Waals surface area contributed by atoms with E-state index in [2.05, 4.69) is 5.10 Å². The van der Waals surface area contributed by atoms with Gasteiger partial charge in [0.15, 0.2) is 0 Å². The summed E-state index contributed by atoms with van der Waals surface area (Å²) in [6.07, 6.45) is 2.63. The van der Waals surface area contributed by atoms with Crippen LogP contribution in [-0.2, 0) is 15.1 Å². The Labute approximate surface area is 98.8 Å². The molecule has 2 N–H and O–H groups in total. The van der Waals surface area contributed by atoms with Crippen molar-refractivity contribution in [3.63, 3.8) is 0 Å². The quantitative estimate of drug-likeness (QED) is 0.672. The van der Waals surface area contributed by atoms with E-state index in [9.17, 15) is 4.79 Å². The van der Waals surface area contributed by atoms with Gasteiger partial charge >= 0.3 is 16.5 Å². The molecule has 0 aliphatic carbocycles. The molecule has 0 spiro atoms. The van der Waals surface area contributed by atoms with Crippen LogP contribution < -0.4 is 0 Å². The van der Waals surface area contributed by atoms with Crippen molar-refractivity contribution in [3.8, 4) is 0 Å². The average Bonchev–Trinajstić information content (AvgIpc) is 2.47. The van der Waals surface area contributed by atoms with Gasteiger partial charge in [-0.3, -0.25) is 9.11 Å². The lowest BCUT2D eigenvalue weighted by Gasteiger charge is -2.18. The van der Waals surface area contributed by atoms with Crippen molar-refractivity contribution in [2.75, 3.05) is 0 Å². The van der Waals surface area contributed by atoms with E-state index in [0.717, 1.165) is 4.68 Å². The Kier molecular flexibility index (Phi) is 5.26. The van der Waals surface area contributed by atoms with E-state index in [-0.39, 0.29) is 0 Å². The van der Waals surface area contributed by atoms with Gasteiger partial charge in [0.05, 0.1) is 0 Å². The maximum atomic E-state index is 11.2. The highest BCUT2D eigenvalue weighted by Crippen LogP contribution is 2.07. The minimum absolute atomic E-state index is 0.451. The number of ether oxygens (including phenoxy) is 1. The average molecular weight is 266 g/mol. The third-order valence-corrected chi connectivity index (χ3v) is 1.08. The van der Waals surface area contributed by atoms with Crippen molar-refractivity contribution >= 4 is 16.5 Å². The molecule has 0 amide bonds. The Hall–Kier alpha value is -1.45. The van der Waals surface area contributed by atoms with Gasteiger partial charge in [-0.15, -0.1) is 0 Å². The smallest absolute Gasteiger partial charge is 0.435 e. The van der Waals surface area contributed by atoms with Crippen LogP contribution in [0.15, 0.2) is 18.5 Å². The van der Waals surface area contributed by atoms with Crippen LogP contribution in [0.2, 0.25) is 0 Å². The molecule has 0 saturated carbocycles. The van der Waals surface area contributed by atoms with E-state index in [0.29, 0.717) is 0 Å². The predicted octanol–water partition coefficient (Wildman–Crippen LogP) is 1.01. The van der Waals surface area contributed by atoms with E-state index in [1.54, 1.807) is 12.3 Å². The standard InChI is InChI=1S/C8H12N2O2.H2O4S/c1-8(2,3)12-7(11)10-6-4-5-9-10;1-5(2,3)4/h4-6H,1-3H3;(H2,1,2,3,4). The lowest BCUT2D eigenvalue weighted by atomic mass is 10.2. The molecule has 0 bridgehead atoms. The lowest BCUT2D eigenvalue weighted by molar-refractivity contribution is 0.0514. The molecule has 1 aromatic heterocycles. The number of nitrogens with zero attached hydrogens (tertiary/aromatic N) is 2. The molecule has 0 saturated heterocycles. The Morgan fingerprint density at radius 2 is 1.82 bits per heavy atom. The highest BCUT2D eigenvalue weighted by atomic mass is 32.3. The maximum absolute atomic E-state index is 11.2. The first-order chi connectivity index (χ1) is 7.49. The highest BCUT2D eigenvalue weighted by Gasteiger charge is 2.17. The van der Waals surface area contributed by atoms with Crippen LogP contribution >= 0.6 is 0 Å². The summed E-state index contributed by atoms with van der Waals surface area (Å²) in [5, 5.41) is 3.74. The fraction of sp³-hybridized carbons (Fsp3) is 0.500. The van der Waals surface area contributed by atoms with Crippen LogP contribution in [0, 0.1) is 0 Å². The number of carbonyl (C=O) groups excluding carboxylic acids is 1. The van der Waals surface area contributed by atoms with E-state index < -0.39 is 22.1 Å². The molecule has 1 aromatic rings. The number of aromatic nitrogens is 2. The summed E-state index contributed by atoms with van der Waals surface area (Å²) in [5.74, 6) is 0. The maximum Gasteiger partial charge on any atom is 0.435 e. The second kappa shape index (κ2) is 5.75. The number of hydrogen-bond donors (Lipinski definition) is 2. The molecule has 0 aliphatic rings. The van der Waals surface area contributed by atoms with Crippen LogP contribution in [0.3, 0.4) is 0 Å². The van der Waals surface area contributed by atoms with Crippen LogP contribution in [0.5, 0.6) is 0 Å². The first kappa shape index (κ1) is 15.6. The summed E-state index contributed by atoms with van der Waals surface area (Å²) in [6, 6.07) is 1.67. The largest absolute Gasteiger partial charge is 0.442 e. The van der Waals surface area contributed by atoms with E-state index in [1.165, 1.54) is 6.20 Å². The van der Waals surface area contributed by atoms with Gasteiger partial charge in [0.25, 0.3) is 0 Å². The molecular formula is C8H14N2O6S. The zero-order valence-corrected chi connectivity index (χ0v) is 10.4. The topological polar surface area (TPSA) is 119 Å². The molecule has 0 radical (unpaired) electrons. The minimum Gasteiger partial charge on any atom is -0.442 e. The lowest BCUT2D eigenvalue weighted by Crippen LogP contribution is -2.27. The summed E-state index contributed by atoms with van der Waals surface area (Å²) < 4.78 is 37.8. The first-order valence-electron chi connectivity index (χ1n) is 4.42. The van der Waals surface area contributed by atoms with Gasteiger partial charge in [0.1, 0.15) is 5.60 Å². The molecule has 17 heavy (non-hydrogen) atoms. The van der Waals surface area contributed by atoms with Gasteiger partial charge in [-0.05, 0) is 26.8 Å². The van der Waals surface area contributed by atoms with E-state index in [4.69, 9.17) is 22.3 Å². The summed E-state index contributed by atoms with van der Waals surface area (Å²) in [6.45, 7) is 5.44.